The molecule has 68 valence electrons. The molecular weight excluding hydrogens is 152 g/mol. The third-order valence-corrected chi connectivity index (χ3v) is 2.70. The van der Waals surface area contributed by atoms with Gasteiger partial charge in [-0.25, -0.2) is 0 Å². The predicted octanol–water partition coefficient (Wildman–Crippen LogP) is 2.45. The minimum atomic E-state index is 0.0512. The van der Waals surface area contributed by atoms with Crippen LogP contribution in [0, 0.1) is 5.92 Å². The zero-order valence-electron chi connectivity index (χ0n) is 7.37. The van der Waals surface area contributed by atoms with Gasteiger partial charge in [0, 0.05) is 5.92 Å². The van der Waals surface area contributed by atoms with Crippen molar-refractivity contribution in [3.63, 3.8) is 0 Å². The molecule has 0 aromatic rings. The van der Waals surface area contributed by atoms with Crippen LogP contribution in [0.25, 0.3) is 0 Å². The Kier molecular flexibility index (Phi) is 2.67. The minimum Gasteiger partial charge on any atom is -0.472 e. The van der Waals surface area contributed by atoms with Crippen molar-refractivity contribution in [2.24, 2.45) is 5.92 Å². The fourth-order valence-electron chi connectivity index (χ4n) is 2.02. The van der Waals surface area contributed by atoms with E-state index in [0.717, 1.165) is 6.61 Å². The molecule has 0 aromatic heterocycles. The van der Waals surface area contributed by atoms with Gasteiger partial charge in [0.2, 0.25) is 6.29 Å². The number of rotatable bonds is 1. The van der Waals surface area contributed by atoms with Gasteiger partial charge in [-0.05, 0) is 18.9 Å². The highest BCUT2D eigenvalue weighted by Gasteiger charge is 2.25. The summed E-state index contributed by atoms with van der Waals surface area (Å²) in [4.78, 5) is 0. The summed E-state index contributed by atoms with van der Waals surface area (Å²) in [5, 5.41) is 0. The summed E-state index contributed by atoms with van der Waals surface area (Å²) < 4.78 is 10.9. The van der Waals surface area contributed by atoms with Crippen LogP contribution in [0.4, 0.5) is 0 Å². The van der Waals surface area contributed by atoms with E-state index in [0.29, 0.717) is 5.92 Å². The van der Waals surface area contributed by atoms with E-state index in [2.05, 4.69) is 0 Å². The Morgan fingerprint density at radius 3 is 2.58 bits per heavy atom. The average Bonchev–Trinajstić information content (AvgIpc) is 2.21. The van der Waals surface area contributed by atoms with Crippen molar-refractivity contribution in [1.29, 1.82) is 0 Å². The smallest absolute Gasteiger partial charge is 0.202 e. The molecule has 1 aliphatic heterocycles. The molecule has 0 amide bonds. The Balaban J connectivity index is 1.85. The maximum absolute atomic E-state index is 5.51. The van der Waals surface area contributed by atoms with Crippen LogP contribution in [0.2, 0.25) is 0 Å². The molecule has 0 spiro atoms. The molecule has 1 saturated carbocycles. The SMILES string of the molecule is C1=COC(C2CCCCC2)OC1. The van der Waals surface area contributed by atoms with Crippen molar-refractivity contribution in [2.45, 2.75) is 38.4 Å². The van der Waals surface area contributed by atoms with Crippen molar-refractivity contribution in [1.82, 2.24) is 0 Å². The molecule has 2 nitrogen and oxygen atoms in total. The topological polar surface area (TPSA) is 18.5 Å². The lowest BCUT2D eigenvalue weighted by atomic mass is 9.89. The van der Waals surface area contributed by atoms with Crippen molar-refractivity contribution in [3.8, 4) is 0 Å². The minimum absolute atomic E-state index is 0.0512. The van der Waals surface area contributed by atoms with Gasteiger partial charge in [0.05, 0.1) is 12.9 Å². The second-order valence-electron chi connectivity index (χ2n) is 3.61. The molecule has 2 aliphatic rings. The maximum Gasteiger partial charge on any atom is 0.202 e. The van der Waals surface area contributed by atoms with Crippen LogP contribution in [0.5, 0.6) is 0 Å². The summed E-state index contributed by atoms with van der Waals surface area (Å²) in [6.45, 7) is 0.723. The van der Waals surface area contributed by atoms with E-state index in [9.17, 15) is 0 Å². The van der Waals surface area contributed by atoms with Gasteiger partial charge in [-0.1, -0.05) is 19.3 Å². The highest BCUT2D eigenvalue weighted by atomic mass is 16.7. The van der Waals surface area contributed by atoms with Crippen LogP contribution in [0.15, 0.2) is 12.3 Å². The van der Waals surface area contributed by atoms with Crippen molar-refractivity contribution in [3.05, 3.63) is 12.3 Å². The molecule has 0 aromatic carbocycles. The number of hydrogen-bond donors (Lipinski definition) is 0. The van der Waals surface area contributed by atoms with Crippen LogP contribution in [0.3, 0.4) is 0 Å². The summed E-state index contributed by atoms with van der Waals surface area (Å²) in [6.07, 6.45) is 10.4. The van der Waals surface area contributed by atoms with E-state index in [4.69, 9.17) is 9.47 Å². The second-order valence-corrected chi connectivity index (χ2v) is 3.61. The summed E-state index contributed by atoms with van der Waals surface area (Å²) in [5.41, 5.74) is 0. The number of hydrogen-bond acceptors (Lipinski definition) is 2. The van der Waals surface area contributed by atoms with Gasteiger partial charge in [-0.15, -0.1) is 0 Å². The standard InChI is InChI=1S/C10H16O2/c1-2-5-9(6-3-1)10-11-7-4-8-12-10/h4,7,9-10H,1-3,5-6,8H2. The molecule has 1 aliphatic carbocycles. The fourth-order valence-corrected chi connectivity index (χ4v) is 2.02. The number of ether oxygens (including phenoxy) is 2. The van der Waals surface area contributed by atoms with Gasteiger partial charge in [-0.2, -0.15) is 0 Å². The van der Waals surface area contributed by atoms with Crippen LogP contribution in [-0.2, 0) is 9.47 Å². The van der Waals surface area contributed by atoms with Gasteiger partial charge in [0.25, 0.3) is 0 Å². The summed E-state index contributed by atoms with van der Waals surface area (Å²) in [7, 11) is 0. The van der Waals surface area contributed by atoms with Crippen molar-refractivity contribution < 1.29 is 9.47 Å². The predicted molar refractivity (Wildman–Crippen MR) is 46.5 cm³/mol. The molecule has 0 N–H and O–H groups in total. The van der Waals surface area contributed by atoms with Gasteiger partial charge in [0.15, 0.2) is 0 Å². The molecule has 2 heteroatoms. The average molecular weight is 168 g/mol. The van der Waals surface area contributed by atoms with E-state index in [1.807, 2.05) is 6.08 Å². The monoisotopic (exact) mass is 168 g/mol. The van der Waals surface area contributed by atoms with Gasteiger partial charge in [0.1, 0.15) is 0 Å². The van der Waals surface area contributed by atoms with Crippen LogP contribution < -0.4 is 0 Å². The molecule has 2 rings (SSSR count). The van der Waals surface area contributed by atoms with Gasteiger partial charge >= 0.3 is 0 Å². The first kappa shape index (κ1) is 8.11. The zero-order chi connectivity index (χ0) is 8.23. The van der Waals surface area contributed by atoms with Crippen molar-refractivity contribution >= 4 is 0 Å². The molecule has 0 bridgehead atoms. The van der Waals surface area contributed by atoms with Crippen LogP contribution in [-0.4, -0.2) is 12.9 Å². The first-order chi connectivity index (χ1) is 5.97. The molecule has 0 radical (unpaired) electrons. The normalized spacial score (nSPS) is 31.5. The lowest BCUT2D eigenvalue weighted by molar-refractivity contribution is -0.150. The highest BCUT2D eigenvalue weighted by Crippen LogP contribution is 2.29. The third-order valence-electron chi connectivity index (χ3n) is 2.70. The Bertz CT molecular complexity index is 159. The molecule has 0 saturated heterocycles. The summed E-state index contributed by atoms with van der Waals surface area (Å²) in [6, 6.07) is 0. The largest absolute Gasteiger partial charge is 0.472 e. The lowest BCUT2D eigenvalue weighted by Gasteiger charge is -2.30. The van der Waals surface area contributed by atoms with Crippen LogP contribution >= 0.6 is 0 Å². The Morgan fingerprint density at radius 1 is 1.08 bits per heavy atom. The lowest BCUT2D eigenvalue weighted by Crippen LogP contribution is -2.29. The van der Waals surface area contributed by atoms with Gasteiger partial charge in [-0.3, -0.25) is 0 Å². The van der Waals surface area contributed by atoms with Crippen LogP contribution in [0.1, 0.15) is 32.1 Å². The van der Waals surface area contributed by atoms with E-state index >= 15 is 0 Å². The molecule has 1 heterocycles. The molecular formula is C10H16O2. The first-order valence-electron chi connectivity index (χ1n) is 4.89. The maximum atomic E-state index is 5.51. The highest BCUT2D eigenvalue weighted by molar-refractivity contribution is 4.80. The quantitative estimate of drug-likeness (QED) is 0.598. The van der Waals surface area contributed by atoms with E-state index in [1.54, 1.807) is 6.26 Å². The van der Waals surface area contributed by atoms with E-state index in [-0.39, 0.29) is 6.29 Å². The first-order valence-corrected chi connectivity index (χ1v) is 4.89. The van der Waals surface area contributed by atoms with Crippen molar-refractivity contribution in [2.75, 3.05) is 6.61 Å². The Labute approximate surface area is 73.5 Å². The summed E-state index contributed by atoms with van der Waals surface area (Å²) >= 11 is 0. The molecule has 1 atom stereocenters. The van der Waals surface area contributed by atoms with Gasteiger partial charge < -0.3 is 9.47 Å². The van der Waals surface area contributed by atoms with E-state index in [1.165, 1.54) is 32.1 Å². The molecule has 12 heavy (non-hydrogen) atoms. The molecule has 1 fully saturated rings. The molecule has 1 unspecified atom stereocenters. The Morgan fingerprint density at radius 2 is 1.92 bits per heavy atom. The third kappa shape index (κ3) is 1.81. The Hall–Kier alpha value is -0.500. The van der Waals surface area contributed by atoms with E-state index < -0.39 is 0 Å². The second kappa shape index (κ2) is 3.94. The summed E-state index contributed by atoms with van der Waals surface area (Å²) in [5.74, 6) is 0.642. The fraction of sp³-hybridized carbons (Fsp3) is 0.800. The zero-order valence-corrected chi connectivity index (χ0v) is 7.37.